The first-order valence-corrected chi connectivity index (χ1v) is 7.49. The Morgan fingerprint density at radius 2 is 1.78 bits per heavy atom. The number of hydrogen-bond donors (Lipinski definition) is 1. The van der Waals surface area contributed by atoms with Crippen molar-refractivity contribution in [3.63, 3.8) is 0 Å². The number of anilines is 1. The highest BCUT2D eigenvalue weighted by atomic mass is 15.4. The van der Waals surface area contributed by atoms with E-state index in [-0.39, 0.29) is 6.04 Å². The summed E-state index contributed by atoms with van der Waals surface area (Å²) in [6.07, 6.45) is 3.55. The lowest BCUT2D eigenvalue weighted by atomic mass is 10.0. The Morgan fingerprint density at radius 1 is 0.957 bits per heavy atom. The Kier molecular flexibility index (Phi) is 2.97. The van der Waals surface area contributed by atoms with Gasteiger partial charge in [0, 0.05) is 23.2 Å². The van der Waals surface area contributed by atoms with Crippen molar-refractivity contribution in [2.45, 2.75) is 19.9 Å². The Labute approximate surface area is 133 Å². The highest BCUT2D eigenvalue weighted by Crippen LogP contribution is 2.29. The van der Waals surface area contributed by atoms with Crippen LogP contribution < -0.4 is 5.73 Å². The van der Waals surface area contributed by atoms with Crippen LogP contribution in [-0.4, -0.2) is 25.0 Å². The van der Waals surface area contributed by atoms with Gasteiger partial charge in [-0.3, -0.25) is 4.98 Å². The number of nitrogen functional groups attached to an aromatic ring is 1. The molecular formula is C17H16N6. The van der Waals surface area contributed by atoms with E-state index in [4.69, 9.17) is 5.73 Å². The summed E-state index contributed by atoms with van der Waals surface area (Å²) in [5.74, 6) is 0.515. The molecule has 6 nitrogen and oxygen atoms in total. The van der Waals surface area contributed by atoms with Crippen molar-refractivity contribution in [3.8, 4) is 11.1 Å². The van der Waals surface area contributed by atoms with Gasteiger partial charge in [0.25, 0.3) is 0 Å². The highest BCUT2D eigenvalue weighted by molar-refractivity contribution is 6.03. The highest BCUT2D eigenvalue weighted by Gasteiger charge is 2.13. The molecule has 0 amide bonds. The van der Waals surface area contributed by atoms with E-state index in [1.807, 2.05) is 22.9 Å². The van der Waals surface area contributed by atoms with Crippen molar-refractivity contribution in [3.05, 3.63) is 42.7 Å². The van der Waals surface area contributed by atoms with Crippen LogP contribution in [-0.2, 0) is 0 Å². The number of hydrogen-bond acceptors (Lipinski definition) is 5. The van der Waals surface area contributed by atoms with E-state index < -0.39 is 0 Å². The van der Waals surface area contributed by atoms with Crippen LogP contribution in [0.4, 0.5) is 5.82 Å². The summed E-state index contributed by atoms with van der Waals surface area (Å²) >= 11 is 0. The van der Waals surface area contributed by atoms with E-state index in [0.29, 0.717) is 5.82 Å². The largest absolute Gasteiger partial charge is 0.384 e. The molecule has 1 aromatic carbocycles. The maximum absolute atomic E-state index is 5.67. The zero-order chi connectivity index (χ0) is 16.0. The molecule has 0 fully saturated rings. The van der Waals surface area contributed by atoms with Gasteiger partial charge in [0.15, 0.2) is 0 Å². The monoisotopic (exact) mass is 304 g/mol. The minimum absolute atomic E-state index is 0.229. The third kappa shape index (κ3) is 2.19. The van der Waals surface area contributed by atoms with Crippen molar-refractivity contribution < 1.29 is 0 Å². The summed E-state index contributed by atoms with van der Waals surface area (Å²) in [5.41, 5.74) is 10.5. The van der Waals surface area contributed by atoms with Crippen LogP contribution in [0.25, 0.3) is 33.1 Å². The molecule has 0 aliphatic heterocycles. The van der Waals surface area contributed by atoms with Crippen molar-refractivity contribution in [2.75, 3.05) is 5.73 Å². The average molecular weight is 304 g/mol. The molecular weight excluding hydrogens is 288 g/mol. The Hall–Kier alpha value is -3.02. The molecule has 2 N–H and O–H groups in total. The maximum atomic E-state index is 5.67. The molecule has 6 heteroatoms. The van der Waals surface area contributed by atoms with E-state index in [2.05, 4.69) is 40.2 Å². The number of rotatable bonds is 2. The molecule has 0 radical (unpaired) electrons. The van der Waals surface area contributed by atoms with Crippen molar-refractivity contribution in [1.82, 2.24) is 25.0 Å². The summed E-state index contributed by atoms with van der Waals surface area (Å²) < 4.78 is 1.93. The van der Waals surface area contributed by atoms with E-state index in [0.717, 1.165) is 33.1 Å². The molecule has 23 heavy (non-hydrogen) atoms. The van der Waals surface area contributed by atoms with Crippen LogP contribution in [0.15, 0.2) is 42.7 Å². The van der Waals surface area contributed by atoms with Crippen molar-refractivity contribution in [1.29, 1.82) is 0 Å². The van der Waals surface area contributed by atoms with Gasteiger partial charge in [-0.15, -0.1) is 5.10 Å². The third-order valence-corrected chi connectivity index (χ3v) is 3.91. The third-order valence-electron chi connectivity index (χ3n) is 3.91. The number of nitrogens with two attached hydrogens (primary N) is 1. The standard InChI is InChI=1S/C17H16N6/c1-10(2)23-17-13-7-11(12-4-6-16(18)20-8-12)3-5-14(13)19-9-15(17)21-22-23/h3-10H,1-2H3,(H2,18,20). The van der Waals surface area contributed by atoms with Crippen LogP contribution in [0.2, 0.25) is 0 Å². The number of fused-ring (bicyclic) bond motifs is 3. The molecule has 0 unspecified atom stereocenters. The summed E-state index contributed by atoms with van der Waals surface area (Å²) in [6.45, 7) is 4.18. The van der Waals surface area contributed by atoms with Crippen LogP contribution in [0, 0.1) is 0 Å². The Morgan fingerprint density at radius 3 is 2.52 bits per heavy atom. The van der Waals surface area contributed by atoms with Gasteiger partial charge in [-0.25, -0.2) is 9.67 Å². The second kappa shape index (κ2) is 5.01. The predicted octanol–water partition coefficient (Wildman–Crippen LogP) is 3.20. The van der Waals surface area contributed by atoms with Gasteiger partial charge in [0.2, 0.25) is 0 Å². The SMILES string of the molecule is CC(C)n1nnc2cnc3ccc(-c4ccc(N)nc4)cc3c21. The fourth-order valence-electron chi connectivity index (χ4n) is 2.74. The fraction of sp³-hybridized carbons (Fsp3) is 0.176. The summed E-state index contributed by atoms with van der Waals surface area (Å²) in [6, 6.07) is 10.2. The van der Waals surface area contributed by atoms with E-state index in [1.54, 1.807) is 18.5 Å². The number of pyridine rings is 2. The average Bonchev–Trinajstić information content (AvgIpc) is 3.00. The quantitative estimate of drug-likeness (QED) is 0.615. The van der Waals surface area contributed by atoms with Gasteiger partial charge < -0.3 is 5.73 Å². The predicted molar refractivity (Wildman–Crippen MR) is 90.9 cm³/mol. The van der Waals surface area contributed by atoms with Gasteiger partial charge in [0.05, 0.1) is 11.7 Å². The molecule has 4 rings (SSSR count). The molecule has 0 saturated carbocycles. The number of nitrogens with zero attached hydrogens (tertiary/aromatic N) is 5. The van der Waals surface area contributed by atoms with Crippen molar-refractivity contribution in [2.24, 2.45) is 0 Å². The van der Waals surface area contributed by atoms with E-state index >= 15 is 0 Å². The van der Waals surface area contributed by atoms with Gasteiger partial charge in [-0.1, -0.05) is 11.3 Å². The lowest BCUT2D eigenvalue weighted by Gasteiger charge is -2.09. The number of aromatic nitrogens is 5. The summed E-state index contributed by atoms with van der Waals surface area (Å²) in [7, 11) is 0. The lowest BCUT2D eigenvalue weighted by Crippen LogP contribution is -2.03. The van der Waals surface area contributed by atoms with Gasteiger partial charge in [-0.05, 0) is 43.7 Å². The van der Waals surface area contributed by atoms with Crippen molar-refractivity contribution >= 4 is 27.8 Å². The van der Waals surface area contributed by atoms with Crippen LogP contribution in [0.3, 0.4) is 0 Å². The molecule has 0 bridgehead atoms. The molecule has 0 aliphatic rings. The first-order valence-electron chi connectivity index (χ1n) is 7.49. The lowest BCUT2D eigenvalue weighted by molar-refractivity contribution is 0.531. The van der Waals surface area contributed by atoms with Gasteiger partial charge in [-0.2, -0.15) is 0 Å². The molecule has 114 valence electrons. The van der Waals surface area contributed by atoms with E-state index in [9.17, 15) is 0 Å². The fourth-order valence-corrected chi connectivity index (χ4v) is 2.74. The first kappa shape index (κ1) is 13.6. The minimum atomic E-state index is 0.229. The second-order valence-electron chi connectivity index (χ2n) is 5.82. The zero-order valence-electron chi connectivity index (χ0n) is 12.9. The molecule has 3 heterocycles. The van der Waals surface area contributed by atoms with Crippen LogP contribution in [0.1, 0.15) is 19.9 Å². The Balaban J connectivity index is 2.01. The first-order chi connectivity index (χ1) is 11.1. The molecule has 0 spiro atoms. The van der Waals surface area contributed by atoms with Crippen LogP contribution >= 0.6 is 0 Å². The summed E-state index contributed by atoms with van der Waals surface area (Å²) in [4.78, 5) is 8.65. The number of benzene rings is 1. The molecule has 0 saturated heterocycles. The minimum Gasteiger partial charge on any atom is -0.384 e. The zero-order valence-corrected chi connectivity index (χ0v) is 12.9. The smallest absolute Gasteiger partial charge is 0.132 e. The molecule has 0 atom stereocenters. The van der Waals surface area contributed by atoms with Gasteiger partial charge >= 0.3 is 0 Å². The topological polar surface area (TPSA) is 82.5 Å². The van der Waals surface area contributed by atoms with Gasteiger partial charge in [0.1, 0.15) is 16.9 Å². The second-order valence-corrected chi connectivity index (χ2v) is 5.82. The molecule has 3 aromatic heterocycles. The summed E-state index contributed by atoms with van der Waals surface area (Å²) in [5, 5.41) is 9.52. The Bertz CT molecular complexity index is 1000. The van der Waals surface area contributed by atoms with Crippen LogP contribution in [0.5, 0.6) is 0 Å². The molecule has 4 aromatic rings. The van der Waals surface area contributed by atoms with E-state index in [1.165, 1.54) is 0 Å². The molecule has 0 aliphatic carbocycles. The normalized spacial score (nSPS) is 11.6. The maximum Gasteiger partial charge on any atom is 0.132 e.